The van der Waals surface area contributed by atoms with Gasteiger partial charge in [-0.15, -0.1) is 0 Å². The van der Waals surface area contributed by atoms with Crippen molar-refractivity contribution < 1.29 is 8.42 Å². The molecule has 0 radical (unpaired) electrons. The van der Waals surface area contributed by atoms with Crippen LogP contribution in [-0.4, -0.2) is 25.4 Å². The number of pyridine rings is 1. The molecule has 1 aromatic rings. The van der Waals surface area contributed by atoms with E-state index in [1.54, 1.807) is 6.07 Å². The average molecular weight is 254 g/mol. The fourth-order valence-corrected chi connectivity index (χ4v) is 1.80. The van der Waals surface area contributed by atoms with Crippen LogP contribution in [0, 0.1) is 0 Å². The van der Waals surface area contributed by atoms with E-state index in [0.717, 1.165) is 5.56 Å². The molecular formula is C8H9Cl2NO2S. The Hall–Kier alpha value is -0.320. The zero-order valence-corrected chi connectivity index (χ0v) is 9.83. The highest BCUT2D eigenvalue weighted by Gasteiger charge is 2.05. The Bertz CT molecular complexity index is 431. The molecule has 0 amide bonds. The number of rotatable bonds is 3. The number of halogens is 2. The van der Waals surface area contributed by atoms with Crippen LogP contribution in [0.2, 0.25) is 10.2 Å². The molecule has 0 aliphatic rings. The van der Waals surface area contributed by atoms with Gasteiger partial charge in [0.2, 0.25) is 0 Å². The highest BCUT2D eigenvalue weighted by molar-refractivity contribution is 7.90. The highest BCUT2D eigenvalue weighted by Crippen LogP contribution is 2.19. The van der Waals surface area contributed by atoms with Gasteiger partial charge in [-0.1, -0.05) is 23.2 Å². The van der Waals surface area contributed by atoms with Crippen molar-refractivity contribution in [1.82, 2.24) is 4.98 Å². The maximum absolute atomic E-state index is 10.9. The molecule has 0 unspecified atom stereocenters. The summed E-state index contributed by atoms with van der Waals surface area (Å²) in [6.07, 6.45) is 3.13. The molecule has 0 aromatic carbocycles. The summed E-state index contributed by atoms with van der Waals surface area (Å²) in [5, 5.41) is 0.576. The van der Waals surface area contributed by atoms with Crippen molar-refractivity contribution in [2.45, 2.75) is 6.42 Å². The number of hydrogen-bond acceptors (Lipinski definition) is 3. The average Bonchev–Trinajstić information content (AvgIpc) is 2.06. The van der Waals surface area contributed by atoms with Gasteiger partial charge < -0.3 is 0 Å². The van der Waals surface area contributed by atoms with Crippen LogP contribution in [0.3, 0.4) is 0 Å². The molecule has 0 bridgehead atoms. The van der Waals surface area contributed by atoms with Gasteiger partial charge in [-0.25, -0.2) is 13.4 Å². The van der Waals surface area contributed by atoms with Crippen molar-refractivity contribution in [2.24, 2.45) is 0 Å². The molecule has 14 heavy (non-hydrogen) atoms. The zero-order valence-electron chi connectivity index (χ0n) is 7.50. The van der Waals surface area contributed by atoms with Crippen LogP contribution in [-0.2, 0) is 16.3 Å². The summed E-state index contributed by atoms with van der Waals surface area (Å²) in [4.78, 5) is 3.82. The molecule has 0 spiro atoms. The second-order valence-corrected chi connectivity index (χ2v) is 6.02. The fourth-order valence-electron chi connectivity index (χ4n) is 0.901. The minimum absolute atomic E-state index is 0.0899. The lowest BCUT2D eigenvalue weighted by Gasteiger charge is -2.01. The summed E-state index contributed by atoms with van der Waals surface area (Å²) >= 11 is 11.3. The number of sulfone groups is 1. The lowest BCUT2D eigenvalue weighted by molar-refractivity contribution is 0.601. The Morgan fingerprint density at radius 2 is 2.07 bits per heavy atom. The Morgan fingerprint density at radius 1 is 1.43 bits per heavy atom. The van der Waals surface area contributed by atoms with Crippen LogP contribution in [0.1, 0.15) is 5.56 Å². The van der Waals surface area contributed by atoms with Gasteiger partial charge in [0.05, 0.1) is 10.8 Å². The quantitative estimate of drug-likeness (QED) is 0.775. The van der Waals surface area contributed by atoms with Crippen LogP contribution in [0.5, 0.6) is 0 Å². The Kier molecular flexibility index (Phi) is 3.75. The van der Waals surface area contributed by atoms with Crippen LogP contribution in [0.15, 0.2) is 12.3 Å². The first-order chi connectivity index (χ1) is 6.38. The van der Waals surface area contributed by atoms with E-state index < -0.39 is 9.84 Å². The van der Waals surface area contributed by atoms with Gasteiger partial charge >= 0.3 is 0 Å². The summed E-state index contributed by atoms with van der Waals surface area (Å²) in [5.74, 6) is 0.0899. The highest BCUT2D eigenvalue weighted by atomic mass is 35.5. The Morgan fingerprint density at radius 3 is 2.57 bits per heavy atom. The largest absolute Gasteiger partial charge is 0.243 e. The fraction of sp³-hybridized carbons (Fsp3) is 0.375. The minimum Gasteiger partial charge on any atom is -0.243 e. The summed E-state index contributed by atoms with van der Waals surface area (Å²) in [7, 11) is -2.95. The van der Waals surface area contributed by atoms with Crippen molar-refractivity contribution in [1.29, 1.82) is 0 Å². The van der Waals surface area contributed by atoms with Crippen molar-refractivity contribution in [3.8, 4) is 0 Å². The monoisotopic (exact) mass is 253 g/mol. The lowest BCUT2D eigenvalue weighted by Crippen LogP contribution is -2.06. The molecule has 78 valence electrons. The van der Waals surface area contributed by atoms with E-state index in [1.165, 1.54) is 12.5 Å². The second kappa shape index (κ2) is 4.47. The third kappa shape index (κ3) is 3.82. The Balaban J connectivity index is 2.74. The number of aromatic nitrogens is 1. The molecule has 6 heteroatoms. The summed E-state index contributed by atoms with van der Waals surface area (Å²) in [6, 6.07) is 1.63. The molecule has 0 aliphatic carbocycles. The van der Waals surface area contributed by atoms with Crippen LogP contribution in [0.25, 0.3) is 0 Å². The van der Waals surface area contributed by atoms with Gasteiger partial charge in [-0.2, -0.15) is 0 Å². The predicted molar refractivity (Wildman–Crippen MR) is 57.7 cm³/mol. The van der Waals surface area contributed by atoms with E-state index in [4.69, 9.17) is 23.2 Å². The van der Waals surface area contributed by atoms with E-state index >= 15 is 0 Å². The maximum Gasteiger partial charge on any atom is 0.147 e. The first-order valence-corrected chi connectivity index (χ1v) is 6.68. The Labute approximate surface area is 93.0 Å². The second-order valence-electron chi connectivity index (χ2n) is 3.00. The van der Waals surface area contributed by atoms with Crippen molar-refractivity contribution in [2.75, 3.05) is 12.0 Å². The summed E-state index contributed by atoms with van der Waals surface area (Å²) < 4.78 is 21.8. The smallest absolute Gasteiger partial charge is 0.147 e. The van der Waals surface area contributed by atoms with E-state index in [1.807, 2.05) is 0 Å². The standard InChI is InChI=1S/C8H9Cl2NO2S/c1-14(12,13)3-2-6-4-7(9)8(10)11-5-6/h4-5H,2-3H2,1H3. The molecule has 0 saturated heterocycles. The van der Waals surface area contributed by atoms with Gasteiger partial charge in [-0.05, 0) is 18.1 Å². The third-order valence-electron chi connectivity index (χ3n) is 1.61. The molecule has 3 nitrogen and oxygen atoms in total. The van der Waals surface area contributed by atoms with E-state index in [-0.39, 0.29) is 10.9 Å². The summed E-state index contributed by atoms with van der Waals surface area (Å²) in [5.41, 5.74) is 0.768. The minimum atomic E-state index is -2.95. The van der Waals surface area contributed by atoms with Crippen LogP contribution in [0.4, 0.5) is 0 Å². The first-order valence-electron chi connectivity index (χ1n) is 3.86. The van der Waals surface area contributed by atoms with Crippen LogP contribution >= 0.6 is 23.2 Å². The predicted octanol–water partition coefficient (Wildman–Crippen LogP) is 1.98. The number of hydrogen-bond donors (Lipinski definition) is 0. The number of aryl methyl sites for hydroxylation is 1. The first kappa shape index (κ1) is 11.8. The normalized spacial score (nSPS) is 11.6. The van der Waals surface area contributed by atoms with E-state index in [2.05, 4.69) is 4.98 Å². The molecule has 0 aliphatic heterocycles. The van der Waals surface area contributed by atoms with Gasteiger partial charge in [0.15, 0.2) is 0 Å². The van der Waals surface area contributed by atoms with Gasteiger partial charge in [0.25, 0.3) is 0 Å². The van der Waals surface area contributed by atoms with E-state index in [9.17, 15) is 8.42 Å². The van der Waals surface area contributed by atoms with Gasteiger partial charge in [0.1, 0.15) is 15.0 Å². The number of nitrogens with zero attached hydrogens (tertiary/aromatic N) is 1. The molecule has 0 N–H and O–H groups in total. The zero-order chi connectivity index (χ0) is 10.8. The molecule has 0 atom stereocenters. The van der Waals surface area contributed by atoms with Crippen molar-refractivity contribution >= 4 is 33.0 Å². The maximum atomic E-state index is 10.9. The van der Waals surface area contributed by atoms with Crippen molar-refractivity contribution in [3.05, 3.63) is 28.0 Å². The molecule has 1 aromatic heterocycles. The van der Waals surface area contributed by atoms with Gasteiger partial charge in [-0.3, -0.25) is 0 Å². The topological polar surface area (TPSA) is 47.0 Å². The molecule has 1 rings (SSSR count). The SMILES string of the molecule is CS(=O)(=O)CCc1cnc(Cl)c(Cl)c1. The molecular weight excluding hydrogens is 245 g/mol. The van der Waals surface area contributed by atoms with Gasteiger partial charge in [0, 0.05) is 12.5 Å². The summed E-state index contributed by atoms with van der Waals surface area (Å²) in [6.45, 7) is 0. The third-order valence-corrected chi connectivity index (χ3v) is 3.25. The van der Waals surface area contributed by atoms with Crippen molar-refractivity contribution in [3.63, 3.8) is 0 Å². The molecule has 1 heterocycles. The molecule has 0 fully saturated rings. The van der Waals surface area contributed by atoms with Crippen LogP contribution < -0.4 is 0 Å². The lowest BCUT2D eigenvalue weighted by atomic mass is 10.2. The molecule has 0 saturated carbocycles. The van der Waals surface area contributed by atoms with E-state index in [0.29, 0.717) is 11.4 Å².